The Bertz CT molecular complexity index is 2140. The van der Waals surface area contributed by atoms with Crippen molar-refractivity contribution in [2.45, 2.75) is 44.6 Å². The van der Waals surface area contributed by atoms with Gasteiger partial charge in [-0.25, -0.2) is 0 Å². The Kier molecular flexibility index (Phi) is 11.5. The predicted octanol–water partition coefficient (Wildman–Crippen LogP) is 3.22. The number of piperidine rings is 1. The number of nitrogens with zero attached hydrogens (tertiary/aromatic N) is 2. The molecule has 3 heterocycles. The normalized spacial score (nSPS) is 15.1. The minimum atomic E-state index is -1.10. The van der Waals surface area contributed by atoms with E-state index in [2.05, 4.69) is 31.6 Å². The fourth-order valence-electron chi connectivity index (χ4n) is 6.38. The molecule has 7 amide bonds. The van der Waals surface area contributed by atoms with Crippen LogP contribution >= 0.6 is 0 Å². The average Bonchev–Trinajstić information content (AvgIpc) is 3.43. The molecular weight excluding hydrogens is 694 g/mol. The van der Waals surface area contributed by atoms with Crippen molar-refractivity contribution in [3.05, 3.63) is 95.2 Å². The second-order valence-corrected chi connectivity index (χ2v) is 12.8. The predicted molar refractivity (Wildman–Crippen MR) is 197 cm³/mol. The highest BCUT2D eigenvalue weighted by atomic mass is 16.5. The van der Waals surface area contributed by atoms with Gasteiger partial charge in [-0.15, -0.1) is 0 Å². The third-order valence-electron chi connectivity index (χ3n) is 9.14. The standard InChI is InChI=1S/C39H39N7O8/c1-40-36(50)27-21-43-28-15-14-23(20-26(28)34(27)44-24-10-5-4-6-11-24)35(49)42-19-8-3-2-7-18-41-32(48)22-54-30-13-9-12-25-33(30)39(53)46(38(25)52)29-16-17-31(47)45-37(29)51/h4-6,9-15,20-21,29H,2-3,7-8,16-19,22H2,1H3,(H,40,50)(H,41,48)(H,42,49)(H,43,44)(H,45,47,51). The summed E-state index contributed by atoms with van der Waals surface area (Å²) < 4.78 is 5.62. The smallest absolute Gasteiger partial charge is 0.266 e. The van der Waals surface area contributed by atoms with E-state index in [-0.39, 0.29) is 48.1 Å². The Balaban J connectivity index is 0.929. The molecule has 6 rings (SSSR count). The number of imide groups is 2. The van der Waals surface area contributed by atoms with Gasteiger partial charge in [0.05, 0.1) is 27.9 Å². The van der Waals surface area contributed by atoms with Crippen molar-refractivity contribution >= 4 is 63.6 Å². The largest absolute Gasteiger partial charge is 0.483 e. The lowest BCUT2D eigenvalue weighted by Gasteiger charge is -2.27. The number of nitrogens with one attached hydrogen (secondary N) is 5. The summed E-state index contributed by atoms with van der Waals surface area (Å²) in [5, 5.41) is 14.5. The summed E-state index contributed by atoms with van der Waals surface area (Å²) in [5.41, 5.74) is 2.79. The SMILES string of the molecule is CNC(=O)c1cnc2ccc(C(=O)NCCCCCCNC(=O)COc3cccc4c3C(=O)N(C3CCC(=O)NC3=O)C4=O)cc2c1Nc1ccccc1. The number of fused-ring (bicyclic) bond motifs is 2. The van der Waals surface area contributed by atoms with Crippen molar-refractivity contribution < 1.29 is 38.3 Å². The Labute approximate surface area is 310 Å². The summed E-state index contributed by atoms with van der Waals surface area (Å²) in [6.45, 7) is 0.459. The third kappa shape index (κ3) is 8.20. The van der Waals surface area contributed by atoms with E-state index in [4.69, 9.17) is 4.74 Å². The molecule has 0 radical (unpaired) electrons. The number of pyridine rings is 1. The molecule has 15 heteroatoms. The number of hydrogen-bond donors (Lipinski definition) is 5. The molecule has 0 saturated carbocycles. The lowest BCUT2D eigenvalue weighted by atomic mass is 10.0. The van der Waals surface area contributed by atoms with Crippen LogP contribution in [0.25, 0.3) is 10.9 Å². The van der Waals surface area contributed by atoms with Gasteiger partial charge in [-0.05, 0) is 61.7 Å². The maximum absolute atomic E-state index is 13.2. The number of unbranched alkanes of at least 4 members (excludes halogenated alkanes) is 3. The molecule has 3 aromatic carbocycles. The number of aromatic nitrogens is 1. The van der Waals surface area contributed by atoms with Crippen LogP contribution < -0.4 is 31.3 Å². The molecule has 1 fully saturated rings. The maximum atomic E-state index is 13.2. The number of carbonyl (C=O) groups excluding carboxylic acids is 7. The van der Waals surface area contributed by atoms with E-state index in [0.717, 1.165) is 29.8 Å². The van der Waals surface area contributed by atoms with Gasteiger partial charge in [0.15, 0.2) is 6.61 Å². The molecular formula is C39H39N7O8. The van der Waals surface area contributed by atoms with Gasteiger partial charge in [-0.2, -0.15) is 0 Å². The highest BCUT2D eigenvalue weighted by Gasteiger charge is 2.46. The van der Waals surface area contributed by atoms with Crippen molar-refractivity contribution in [3.8, 4) is 5.75 Å². The van der Waals surface area contributed by atoms with Gasteiger partial charge in [0.25, 0.3) is 29.5 Å². The molecule has 2 aliphatic heterocycles. The quantitative estimate of drug-likeness (QED) is 0.0891. The summed E-state index contributed by atoms with van der Waals surface area (Å²) in [4.78, 5) is 93.6. The second-order valence-electron chi connectivity index (χ2n) is 12.8. The first-order chi connectivity index (χ1) is 26.2. The molecule has 0 bridgehead atoms. The molecule has 15 nitrogen and oxygen atoms in total. The van der Waals surface area contributed by atoms with E-state index >= 15 is 0 Å². The minimum Gasteiger partial charge on any atom is -0.483 e. The van der Waals surface area contributed by atoms with Crippen molar-refractivity contribution in [2.75, 3.05) is 32.1 Å². The van der Waals surface area contributed by atoms with Gasteiger partial charge in [-0.1, -0.05) is 37.1 Å². The Hall–Kier alpha value is -6.64. The highest BCUT2D eigenvalue weighted by Crippen LogP contribution is 2.34. The van der Waals surface area contributed by atoms with E-state index in [1.54, 1.807) is 25.2 Å². The van der Waals surface area contributed by atoms with Gasteiger partial charge in [-0.3, -0.25) is 48.8 Å². The molecule has 1 unspecified atom stereocenters. The summed E-state index contributed by atoms with van der Waals surface area (Å²) in [6, 6.07) is 17.9. The molecule has 54 heavy (non-hydrogen) atoms. The van der Waals surface area contributed by atoms with Gasteiger partial charge in [0.1, 0.15) is 11.8 Å². The summed E-state index contributed by atoms with van der Waals surface area (Å²) in [6.07, 6.45) is 4.57. The number of ether oxygens (including phenoxy) is 1. The number of rotatable bonds is 15. The summed E-state index contributed by atoms with van der Waals surface area (Å²) >= 11 is 0. The zero-order valence-corrected chi connectivity index (χ0v) is 29.5. The highest BCUT2D eigenvalue weighted by molar-refractivity contribution is 6.24. The zero-order valence-electron chi connectivity index (χ0n) is 29.5. The van der Waals surface area contributed by atoms with Gasteiger partial charge in [0.2, 0.25) is 11.8 Å². The fourth-order valence-corrected chi connectivity index (χ4v) is 6.38. The number of anilines is 2. The van der Waals surface area contributed by atoms with E-state index in [1.807, 2.05) is 30.3 Å². The lowest BCUT2D eigenvalue weighted by Crippen LogP contribution is -2.54. The van der Waals surface area contributed by atoms with Crippen molar-refractivity contribution in [1.82, 2.24) is 31.2 Å². The molecule has 2 aliphatic rings. The number of benzene rings is 3. The van der Waals surface area contributed by atoms with Crippen LogP contribution in [0.15, 0.2) is 72.9 Å². The van der Waals surface area contributed by atoms with Gasteiger partial charge >= 0.3 is 0 Å². The Morgan fingerprint density at radius 3 is 2.37 bits per heavy atom. The minimum absolute atomic E-state index is 0.00721. The first kappa shape index (κ1) is 37.1. The van der Waals surface area contributed by atoms with Gasteiger partial charge < -0.3 is 26.0 Å². The van der Waals surface area contributed by atoms with Crippen molar-refractivity contribution in [1.29, 1.82) is 0 Å². The van der Waals surface area contributed by atoms with Crippen LogP contribution in [0.5, 0.6) is 5.75 Å². The lowest BCUT2D eigenvalue weighted by molar-refractivity contribution is -0.136. The van der Waals surface area contributed by atoms with Crippen LogP contribution in [0.1, 0.15) is 80.0 Å². The molecule has 4 aromatic rings. The first-order valence-corrected chi connectivity index (χ1v) is 17.7. The van der Waals surface area contributed by atoms with Crippen LogP contribution in [0.2, 0.25) is 0 Å². The van der Waals surface area contributed by atoms with Crippen LogP contribution in [0.4, 0.5) is 11.4 Å². The topological polar surface area (TPSA) is 205 Å². The number of amides is 7. The van der Waals surface area contributed by atoms with Crippen molar-refractivity contribution in [3.63, 3.8) is 0 Å². The van der Waals surface area contributed by atoms with Crippen LogP contribution in [-0.2, 0) is 14.4 Å². The first-order valence-electron chi connectivity index (χ1n) is 17.7. The third-order valence-corrected chi connectivity index (χ3v) is 9.14. The average molecular weight is 734 g/mol. The van der Waals surface area contributed by atoms with E-state index in [9.17, 15) is 33.6 Å². The van der Waals surface area contributed by atoms with E-state index < -0.39 is 35.6 Å². The van der Waals surface area contributed by atoms with E-state index in [0.29, 0.717) is 47.2 Å². The fraction of sp³-hybridized carbons (Fsp3) is 0.282. The molecule has 0 aliphatic carbocycles. The molecule has 1 atom stereocenters. The molecule has 1 saturated heterocycles. The van der Waals surface area contributed by atoms with Crippen LogP contribution in [0.3, 0.4) is 0 Å². The number of para-hydroxylation sites is 1. The molecule has 5 N–H and O–H groups in total. The van der Waals surface area contributed by atoms with E-state index in [1.165, 1.54) is 24.4 Å². The monoisotopic (exact) mass is 733 g/mol. The zero-order chi connectivity index (χ0) is 38.2. The molecule has 1 aromatic heterocycles. The van der Waals surface area contributed by atoms with Crippen molar-refractivity contribution in [2.24, 2.45) is 0 Å². The summed E-state index contributed by atoms with van der Waals surface area (Å²) in [5.74, 6) is -3.46. The van der Waals surface area contributed by atoms with Crippen LogP contribution in [-0.4, -0.2) is 84.0 Å². The Morgan fingerprint density at radius 1 is 0.870 bits per heavy atom. The molecule has 278 valence electrons. The number of carbonyl (C=O) groups is 7. The Morgan fingerprint density at radius 2 is 1.63 bits per heavy atom. The second kappa shape index (κ2) is 16.8. The summed E-state index contributed by atoms with van der Waals surface area (Å²) in [7, 11) is 1.55. The van der Waals surface area contributed by atoms with Gasteiger partial charge in [0, 0.05) is 49.4 Å². The maximum Gasteiger partial charge on any atom is 0.266 e. The molecule has 0 spiro atoms. The van der Waals surface area contributed by atoms with Crippen LogP contribution in [0, 0.1) is 0 Å². The number of hydrogen-bond acceptors (Lipinski definition) is 10.